The summed E-state index contributed by atoms with van der Waals surface area (Å²) in [4.78, 5) is 24.6. The number of nitrogens with one attached hydrogen (secondary N) is 2. The lowest BCUT2D eigenvalue weighted by Gasteiger charge is -2.12. The molecular weight excluding hydrogens is 364 g/mol. The molecule has 2 amide bonds. The first-order valence-electron chi connectivity index (χ1n) is 8.25. The largest absolute Gasteiger partial charge is 0.489 e. The lowest BCUT2D eigenvalue weighted by Crippen LogP contribution is -2.42. The van der Waals surface area contributed by atoms with Crippen LogP contribution in [0.15, 0.2) is 78.9 Å². The van der Waals surface area contributed by atoms with Crippen molar-refractivity contribution in [2.24, 2.45) is 0 Å². The molecule has 0 aliphatic rings. The maximum absolute atomic E-state index is 12.5. The molecule has 136 valence electrons. The molecule has 0 bridgehead atoms. The van der Waals surface area contributed by atoms with Crippen molar-refractivity contribution in [3.05, 3.63) is 101 Å². The van der Waals surface area contributed by atoms with E-state index in [1.807, 2.05) is 36.4 Å². The average molecular weight is 381 g/mol. The quantitative estimate of drug-likeness (QED) is 0.657. The number of rotatable bonds is 5. The fourth-order valence-corrected chi connectivity index (χ4v) is 2.53. The second-order valence-corrected chi connectivity index (χ2v) is 6.11. The van der Waals surface area contributed by atoms with Gasteiger partial charge in [0.1, 0.15) is 12.4 Å². The molecule has 0 aliphatic carbocycles. The van der Waals surface area contributed by atoms with Gasteiger partial charge in [-0.1, -0.05) is 48.0 Å². The minimum absolute atomic E-state index is 0.235. The Hall–Kier alpha value is -3.31. The van der Waals surface area contributed by atoms with Crippen molar-refractivity contribution in [2.45, 2.75) is 6.61 Å². The molecule has 0 aromatic heterocycles. The Balaban J connectivity index is 1.62. The van der Waals surface area contributed by atoms with Crippen LogP contribution in [0.3, 0.4) is 0 Å². The maximum atomic E-state index is 12.5. The van der Waals surface area contributed by atoms with E-state index in [-0.39, 0.29) is 6.61 Å². The van der Waals surface area contributed by atoms with Gasteiger partial charge in [0.2, 0.25) is 0 Å². The summed E-state index contributed by atoms with van der Waals surface area (Å²) >= 11 is 5.80. The molecular formula is C21H17ClN2O3. The zero-order valence-electron chi connectivity index (χ0n) is 14.3. The third-order valence-electron chi connectivity index (χ3n) is 3.80. The number of ether oxygens (including phenoxy) is 1. The lowest BCUT2D eigenvalue weighted by molar-refractivity contribution is 0.0845. The van der Waals surface area contributed by atoms with Crippen molar-refractivity contribution in [1.29, 1.82) is 0 Å². The molecule has 0 atom stereocenters. The van der Waals surface area contributed by atoms with E-state index in [1.54, 1.807) is 42.5 Å². The fourth-order valence-electron chi connectivity index (χ4n) is 2.40. The van der Waals surface area contributed by atoms with Crippen LogP contribution < -0.4 is 15.6 Å². The molecule has 2 N–H and O–H groups in total. The van der Waals surface area contributed by atoms with Gasteiger partial charge in [-0.3, -0.25) is 20.4 Å². The monoisotopic (exact) mass is 380 g/mol. The summed E-state index contributed by atoms with van der Waals surface area (Å²) in [5, 5.41) is 0.530. The Morgan fingerprint density at radius 1 is 0.778 bits per heavy atom. The van der Waals surface area contributed by atoms with Gasteiger partial charge >= 0.3 is 0 Å². The van der Waals surface area contributed by atoms with E-state index < -0.39 is 11.8 Å². The molecule has 3 aromatic carbocycles. The molecule has 0 aliphatic heterocycles. The fraction of sp³-hybridized carbons (Fsp3) is 0.0476. The van der Waals surface area contributed by atoms with Gasteiger partial charge in [-0.05, 0) is 42.5 Å². The van der Waals surface area contributed by atoms with E-state index in [0.29, 0.717) is 27.5 Å². The van der Waals surface area contributed by atoms with Crippen LogP contribution in [-0.4, -0.2) is 11.8 Å². The Labute approximate surface area is 161 Å². The Morgan fingerprint density at radius 2 is 1.41 bits per heavy atom. The van der Waals surface area contributed by atoms with Gasteiger partial charge in [0.25, 0.3) is 11.8 Å². The third-order valence-corrected chi connectivity index (χ3v) is 4.05. The van der Waals surface area contributed by atoms with Crippen LogP contribution in [0.1, 0.15) is 26.3 Å². The summed E-state index contributed by atoms with van der Waals surface area (Å²) in [6, 6.07) is 22.8. The van der Waals surface area contributed by atoms with Crippen LogP contribution in [0.2, 0.25) is 5.02 Å². The molecule has 0 heterocycles. The van der Waals surface area contributed by atoms with Crippen molar-refractivity contribution in [3.8, 4) is 5.75 Å². The van der Waals surface area contributed by atoms with E-state index in [2.05, 4.69) is 10.9 Å². The molecule has 3 rings (SSSR count). The highest BCUT2D eigenvalue weighted by atomic mass is 35.5. The zero-order chi connectivity index (χ0) is 19.1. The normalized spacial score (nSPS) is 10.1. The van der Waals surface area contributed by atoms with Gasteiger partial charge in [0, 0.05) is 21.7 Å². The van der Waals surface area contributed by atoms with Crippen molar-refractivity contribution in [1.82, 2.24) is 10.9 Å². The van der Waals surface area contributed by atoms with Crippen molar-refractivity contribution in [2.75, 3.05) is 0 Å². The topological polar surface area (TPSA) is 67.4 Å². The molecule has 0 saturated heterocycles. The Kier molecular flexibility index (Phi) is 6.07. The van der Waals surface area contributed by atoms with Crippen molar-refractivity contribution in [3.63, 3.8) is 0 Å². The minimum atomic E-state index is -0.432. The number of hydrogen-bond donors (Lipinski definition) is 2. The SMILES string of the molecule is O=C(NNC(=O)c1ccccc1COc1ccccc1)c1ccc(Cl)cc1. The van der Waals surface area contributed by atoms with Gasteiger partial charge in [0.05, 0.1) is 0 Å². The lowest BCUT2D eigenvalue weighted by atomic mass is 10.1. The molecule has 0 radical (unpaired) electrons. The molecule has 0 unspecified atom stereocenters. The van der Waals surface area contributed by atoms with Crippen molar-refractivity contribution < 1.29 is 14.3 Å². The summed E-state index contributed by atoms with van der Waals surface area (Å²) in [6.07, 6.45) is 0. The highest BCUT2D eigenvalue weighted by Crippen LogP contribution is 2.15. The Morgan fingerprint density at radius 3 is 2.15 bits per heavy atom. The van der Waals surface area contributed by atoms with Gasteiger partial charge in [0.15, 0.2) is 0 Å². The molecule has 5 nitrogen and oxygen atoms in total. The predicted octanol–water partition coefficient (Wildman–Crippen LogP) is 3.99. The van der Waals surface area contributed by atoms with E-state index in [1.165, 1.54) is 0 Å². The molecule has 0 fully saturated rings. The second kappa shape index (κ2) is 8.87. The van der Waals surface area contributed by atoms with Crippen LogP contribution in [-0.2, 0) is 6.61 Å². The average Bonchev–Trinajstić information content (AvgIpc) is 2.71. The van der Waals surface area contributed by atoms with Gasteiger partial charge in [-0.15, -0.1) is 0 Å². The predicted molar refractivity (Wildman–Crippen MR) is 104 cm³/mol. The van der Waals surface area contributed by atoms with Crippen LogP contribution in [0.5, 0.6) is 5.75 Å². The van der Waals surface area contributed by atoms with Crippen molar-refractivity contribution >= 4 is 23.4 Å². The van der Waals surface area contributed by atoms with E-state index in [0.717, 1.165) is 0 Å². The zero-order valence-corrected chi connectivity index (χ0v) is 15.1. The van der Waals surface area contributed by atoms with Crippen LogP contribution in [0, 0.1) is 0 Å². The maximum Gasteiger partial charge on any atom is 0.270 e. The summed E-state index contributed by atoms with van der Waals surface area (Å²) in [7, 11) is 0. The minimum Gasteiger partial charge on any atom is -0.489 e. The summed E-state index contributed by atoms with van der Waals surface area (Å²) in [6.45, 7) is 0.235. The molecule has 3 aromatic rings. The molecule has 6 heteroatoms. The number of halogens is 1. The van der Waals surface area contributed by atoms with E-state index >= 15 is 0 Å². The highest BCUT2D eigenvalue weighted by Gasteiger charge is 2.13. The first-order chi connectivity index (χ1) is 13.1. The number of para-hydroxylation sites is 1. The van der Waals surface area contributed by atoms with Gasteiger partial charge < -0.3 is 4.74 Å². The van der Waals surface area contributed by atoms with E-state index in [4.69, 9.17) is 16.3 Å². The first-order valence-corrected chi connectivity index (χ1v) is 8.63. The number of benzene rings is 3. The second-order valence-electron chi connectivity index (χ2n) is 5.67. The number of carbonyl (C=O) groups is 2. The standard InChI is InChI=1S/C21H17ClN2O3/c22-17-12-10-15(11-13-17)20(25)23-24-21(26)19-9-5-4-6-16(19)14-27-18-7-2-1-3-8-18/h1-13H,14H2,(H,23,25)(H,24,26). The molecule has 0 spiro atoms. The number of hydrazine groups is 1. The summed E-state index contributed by atoms with van der Waals surface area (Å²) in [5.74, 6) is -0.147. The van der Waals surface area contributed by atoms with E-state index in [9.17, 15) is 9.59 Å². The number of amides is 2. The van der Waals surface area contributed by atoms with Crippen LogP contribution >= 0.6 is 11.6 Å². The molecule has 0 saturated carbocycles. The van der Waals surface area contributed by atoms with Gasteiger partial charge in [-0.25, -0.2) is 0 Å². The first kappa shape index (κ1) is 18.5. The smallest absolute Gasteiger partial charge is 0.270 e. The third kappa shape index (κ3) is 5.09. The summed E-state index contributed by atoms with van der Waals surface area (Å²) in [5.41, 5.74) is 6.34. The highest BCUT2D eigenvalue weighted by molar-refractivity contribution is 6.30. The van der Waals surface area contributed by atoms with Crippen LogP contribution in [0.25, 0.3) is 0 Å². The Bertz CT molecular complexity index is 928. The van der Waals surface area contributed by atoms with Gasteiger partial charge in [-0.2, -0.15) is 0 Å². The summed E-state index contributed by atoms with van der Waals surface area (Å²) < 4.78 is 5.71. The number of hydrogen-bond acceptors (Lipinski definition) is 3. The molecule has 27 heavy (non-hydrogen) atoms. The number of carbonyl (C=O) groups excluding carboxylic acids is 2. The van der Waals surface area contributed by atoms with Crippen LogP contribution in [0.4, 0.5) is 0 Å².